The molecule has 2 aromatic rings. The second-order valence-electron chi connectivity index (χ2n) is 5.20. The van der Waals surface area contributed by atoms with Crippen LogP contribution < -0.4 is 5.32 Å². The summed E-state index contributed by atoms with van der Waals surface area (Å²) in [5.74, 6) is -0.517. The van der Waals surface area contributed by atoms with Crippen molar-refractivity contribution in [2.45, 2.75) is 32.6 Å². The van der Waals surface area contributed by atoms with Crippen molar-refractivity contribution in [3.8, 4) is 0 Å². The van der Waals surface area contributed by atoms with Crippen molar-refractivity contribution in [1.82, 2.24) is 0 Å². The number of rotatable bonds is 5. The van der Waals surface area contributed by atoms with Crippen molar-refractivity contribution < 1.29 is 9.18 Å². The predicted molar refractivity (Wildman–Crippen MR) is 83.9 cm³/mol. The van der Waals surface area contributed by atoms with Crippen LogP contribution in [-0.4, -0.2) is 5.91 Å². The fraction of sp³-hybridized carbons (Fsp3) is 0.278. The number of hydrogen-bond donors (Lipinski definition) is 1. The maximum atomic E-state index is 13.1. The Morgan fingerprint density at radius 3 is 2.52 bits per heavy atom. The maximum absolute atomic E-state index is 13.1. The van der Waals surface area contributed by atoms with Gasteiger partial charge in [0, 0.05) is 5.69 Å². The molecule has 21 heavy (non-hydrogen) atoms. The molecule has 0 radical (unpaired) electrons. The molecule has 3 heteroatoms. The molecule has 110 valence electrons. The van der Waals surface area contributed by atoms with Gasteiger partial charge in [0.25, 0.3) is 0 Å². The van der Waals surface area contributed by atoms with Gasteiger partial charge in [-0.05, 0) is 42.7 Å². The largest absolute Gasteiger partial charge is 0.325 e. The summed E-state index contributed by atoms with van der Waals surface area (Å²) in [5.41, 5.74) is 2.40. The summed E-state index contributed by atoms with van der Waals surface area (Å²) in [4.78, 5) is 12.5. The van der Waals surface area contributed by atoms with E-state index in [1.807, 2.05) is 30.3 Å². The van der Waals surface area contributed by atoms with Gasteiger partial charge in [-0.2, -0.15) is 0 Å². The van der Waals surface area contributed by atoms with Gasteiger partial charge in [0.15, 0.2) is 0 Å². The molecule has 0 saturated heterocycles. The van der Waals surface area contributed by atoms with Crippen LogP contribution in [0, 0.1) is 12.7 Å². The van der Waals surface area contributed by atoms with E-state index in [2.05, 4.69) is 12.2 Å². The molecule has 1 N–H and O–H groups in total. The quantitative estimate of drug-likeness (QED) is 0.850. The van der Waals surface area contributed by atoms with Crippen LogP contribution in [0.5, 0.6) is 0 Å². The molecule has 0 spiro atoms. The van der Waals surface area contributed by atoms with Gasteiger partial charge in [0.05, 0.1) is 5.92 Å². The van der Waals surface area contributed by atoms with E-state index in [1.54, 1.807) is 13.0 Å². The van der Waals surface area contributed by atoms with Crippen molar-refractivity contribution in [2.24, 2.45) is 0 Å². The minimum Gasteiger partial charge on any atom is -0.325 e. The molecule has 0 aliphatic heterocycles. The van der Waals surface area contributed by atoms with Crippen LogP contribution in [0.2, 0.25) is 0 Å². The van der Waals surface area contributed by atoms with Crippen molar-refractivity contribution in [3.05, 3.63) is 65.5 Å². The monoisotopic (exact) mass is 285 g/mol. The normalized spacial score (nSPS) is 12.0. The zero-order valence-corrected chi connectivity index (χ0v) is 12.4. The summed E-state index contributed by atoms with van der Waals surface area (Å²) in [6, 6.07) is 14.1. The number of aryl methyl sites for hydroxylation is 1. The van der Waals surface area contributed by atoms with Gasteiger partial charge in [-0.3, -0.25) is 4.79 Å². The minimum absolute atomic E-state index is 0.0437. The molecular weight excluding hydrogens is 265 g/mol. The molecule has 2 rings (SSSR count). The van der Waals surface area contributed by atoms with Crippen LogP contribution in [-0.2, 0) is 4.79 Å². The average molecular weight is 285 g/mol. The highest BCUT2D eigenvalue weighted by Crippen LogP contribution is 2.24. The maximum Gasteiger partial charge on any atom is 0.231 e. The number of carbonyl (C=O) groups excluding carboxylic acids is 1. The van der Waals surface area contributed by atoms with Gasteiger partial charge in [0.1, 0.15) is 5.82 Å². The lowest BCUT2D eigenvalue weighted by Crippen LogP contribution is -2.21. The number of carbonyl (C=O) groups is 1. The standard InChI is InChI=1S/C18H20FNO/c1-3-7-16(14-8-5-4-6-9-14)18(21)20-17-11-10-15(19)12-13(17)2/h4-6,8-12,16H,3,7H2,1-2H3,(H,20,21)/t16-/m0/s1. The molecular formula is C18H20FNO. The van der Waals surface area contributed by atoms with Crippen LogP contribution in [0.25, 0.3) is 0 Å². The van der Waals surface area contributed by atoms with Crippen LogP contribution in [0.15, 0.2) is 48.5 Å². The average Bonchev–Trinajstić information content (AvgIpc) is 2.48. The summed E-state index contributed by atoms with van der Waals surface area (Å²) in [6.07, 6.45) is 1.71. The highest BCUT2D eigenvalue weighted by molar-refractivity contribution is 5.96. The first kappa shape index (κ1) is 15.2. The molecule has 0 heterocycles. The van der Waals surface area contributed by atoms with Gasteiger partial charge >= 0.3 is 0 Å². The van der Waals surface area contributed by atoms with E-state index in [0.717, 1.165) is 24.0 Å². The van der Waals surface area contributed by atoms with Crippen molar-refractivity contribution in [1.29, 1.82) is 0 Å². The third kappa shape index (κ3) is 3.91. The predicted octanol–water partition coefficient (Wildman–Crippen LogP) is 4.66. The number of halogens is 1. The first-order valence-corrected chi connectivity index (χ1v) is 7.23. The highest BCUT2D eigenvalue weighted by Gasteiger charge is 2.20. The van der Waals surface area contributed by atoms with E-state index in [-0.39, 0.29) is 17.6 Å². The first-order chi connectivity index (χ1) is 10.1. The molecule has 2 nitrogen and oxygen atoms in total. The molecule has 2 aromatic carbocycles. The smallest absolute Gasteiger partial charge is 0.231 e. The lowest BCUT2D eigenvalue weighted by Gasteiger charge is -2.17. The zero-order chi connectivity index (χ0) is 15.2. The van der Waals surface area contributed by atoms with Gasteiger partial charge in [-0.15, -0.1) is 0 Å². The van der Waals surface area contributed by atoms with Crippen LogP contribution in [0.1, 0.15) is 36.8 Å². The fourth-order valence-electron chi connectivity index (χ4n) is 2.41. The summed E-state index contributed by atoms with van der Waals surface area (Å²) < 4.78 is 13.1. The van der Waals surface area contributed by atoms with E-state index in [9.17, 15) is 9.18 Å². The van der Waals surface area contributed by atoms with E-state index in [0.29, 0.717) is 5.69 Å². The van der Waals surface area contributed by atoms with Crippen LogP contribution in [0.3, 0.4) is 0 Å². The minimum atomic E-state index is -0.293. The van der Waals surface area contributed by atoms with Crippen molar-refractivity contribution in [3.63, 3.8) is 0 Å². The summed E-state index contributed by atoms with van der Waals surface area (Å²) >= 11 is 0. The molecule has 1 atom stereocenters. The third-order valence-corrected chi connectivity index (χ3v) is 3.54. The van der Waals surface area contributed by atoms with Gasteiger partial charge in [0.2, 0.25) is 5.91 Å². The number of benzene rings is 2. The molecule has 0 unspecified atom stereocenters. The van der Waals surface area contributed by atoms with Gasteiger partial charge in [-0.25, -0.2) is 4.39 Å². The Morgan fingerprint density at radius 1 is 1.19 bits per heavy atom. The highest BCUT2D eigenvalue weighted by atomic mass is 19.1. The lowest BCUT2D eigenvalue weighted by molar-refractivity contribution is -0.117. The number of nitrogens with one attached hydrogen (secondary N) is 1. The Morgan fingerprint density at radius 2 is 1.90 bits per heavy atom. The molecule has 0 aliphatic carbocycles. The van der Waals surface area contributed by atoms with Gasteiger partial charge in [-0.1, -0.05) is 43.7 Å². The fourth-order valence-corrected chi connectivity index (χ4v) is 2.41. The summed E-state index contributed by atoms with van der Waals surface area (Å²) in [5, 5.41) is 2.92. The van der Waals surface area contributed by atoms with E-state index in [4.69, 9.17) is 0 Å². The number of hydrogen-bond acceptors (Lipinski definition) is 1. The van der Waals surface area contributed by atoms with E-state index in [1.165, 1.54) is 12.1 Å². The summed E-state index contributed by atoms with van der Waals surface area (Å²) in [7, 11) is 0. The van der Waals surface area contributed by atoms with Crippen LogP contribution >= 0.6 is 0 Å². The zero-order valence-electron chi connectivity index (χ0n) is 12.4. The molecule has 0 bridgehead atoms. The van der Waals surface area contributed by atoms with Crippen molar-refractivity contribution in [2.75, 3.05) is 5.32 Å². The molecule has 0 fully saturated rings. The Labute approximate surface area is 125 Å². The van der Waals surface area contributed by atoms with E-state index < -0.39 is 0 Å². The Kier molecular flexibility index (Phi) is 5.09. The topological polar surface area (TPSA) is 29.1 Å². The summed E-state index contributed by atoms with van der Waals surface area (Å²) in [6.45, 7) is 3.85. The second-order valence-corrected chi connectivity index (χ2v) is 5.20. The Hall–Kier alpha value is -2.16. The van der Waals surface area contributed by atoms with Crippen LogP contribution in [0.4, 0.5) is 10.1 Å². The molecule has 1 amide bonds. The molecule has 0 aromatic heterocycles. The second kappa shape index (κ2) is 7.02. The number of anilines is 1. The number of amides is 1. The van der Waals surface area contributed by atoms with Gasteiger partial charge < -0.3 is 5.32 Å². The lowest BCUT2D eigenvalue weighted by atomic mass is 9.93. The Bertz CT molecular complexity index is 610. The van der Waals surface area contributed by atoms with Crippen molar-refractivity contribution >= 4 is 11.6 Å². The Balaban J connectivity index is 2.19. The van der Waals surface area contributed by atoms with E-state index >= 15 is 0 Å². The first-order valence-electron chi connectivity index (χ1n) is 7.23. The SMILES string of the molecule is CCC[C@H](C(=O)Nc1ccc(F)cc1C)c1ccccc1. The third-order valence-electron chi connectivity index (χ3n) is 3.54. The molecule has 0 saturated carbocycles. The molecule has 0 aliphatic rings.